The molecule has 0 fully saturated rings. The van der Waals surface area contributed by atoms with Crippen molar-refractivity contribution in [3.8, 4) is 5.75 Å². The molecule has 9 heteroatoms. The van der Waals surface area contributed by atoms with E-state index in [0.717, 1.165) is 12.1 Å². The van der Waals surface area contributed by atoms with Gasteiger partial charge in [0.1, 0.15) is 6.33 Å². The van der Waals surface area contributed by atoms with Crippen LogP contribution in [0.3, 0.4) is 0 Å². The minimum absolute atomic E-state index is 0.0753. The van der Waals surface area contributed by atoms with Crippen LogP contribution in [-0.2, 0) is 13.6 Å². The lowest BCUT2D eigenvalue weighted by Gasteiger charge is -2.12. The van der Waals surface area contributed by atoms with Gasteiger partial charge in [-0.25, -0.2) is 4.39 Å². The summed E-state index contributed by atoms with van der Waals surface area (Å²) in [5.41, 5.74) is 5.95. The molecule has 0 saturated carbocycles. The van der Waals surface area contributed by atoms with Crippen LogP contribution in [0, 0.1) is 5.82 Å². The van der Waals surface area contributed by atoms with Gasteiger partial charge in [0.15, 0.2) is 17.4 Å². The summed E-state index contributed by atoms with van der Waals surface area (Å²) >= 11 is 0. The second kappa shape index (κ2) is 5.68. The summed E-state index contributed by atoms with van der Waals surface area (Å²) in [7, 11) is 1.75. The van der Waals surface area contributed by atoms with Crippen molar-refractivity contribution in [2.45, 2.75) is 13.2 Å². The second-order valence-corrected chi connectivity index (χ2v) is 3.96. The number of halogens is 3. The average molecular weight is 287 g/mol. The highest BCUT2D eigenvalue weighted by molar-refractivity contribution is 5.68. The summed E-state index contributed by atoms with van der Waals surface area (Å²) in [6.07, 6.45) is 1.51. The Balaban J connectivity index is 2.16. The van der Waals surface area contributed by atoms with E-state index >= 15 is 0 Å². The zero-order chi connectivity index (χ0) is 14.7. The van der Waals surface area contributed by atoms with E-state index in [4.69, 9.17) is 5.73 Å². The van der Waals surface area contributed by atoms with Crippen LogP contribution in [0.25, 0.3) is 0 Å². The molecule has 20 heavy (non-hydrogen) atoms. The van der Waals surface area contributed by atoms with Gasteiger partial charge in [-0.2, -0.15) is 8.78 Å². The van der Waals surface area contributed by atoms with Crippen molar-refractivity contribution in [1.82, 2.24) is 14.8 Å². The number of alkyl halides is 2. The van der Waals surface area contributed by atoms with E-state index in [1.165, 1.54) is 6.33 Å². The Morgan fingerprint density at radius 3 is 2.80 bits per heavy atom. The molecule has 2 rings (SSSR count). The van der Waals surface area contributed by atoms with E-state index in [0.29, 0.717) is 5.82 Å². The first kappa shape index (κ1) is 14.0. The Morgan fingerprint density at radius 2 is 2.20 bits per heavy atom. The van der Waals surface area contributed by atoms with Gasteiger partial charge in [0.25, 0.3) is 0 Å². The first-order valence-electron chi connectivity index (χ1n) is 5.58. The molecule has 1 aromatic carbocycles. The third-order valence-electron chi connectivity index (χ3n) is 2.56. The molecule has 0 aliphatic carbocycles. The van der Waals surface area contributed by atoms with Gasteiger partial charge in [0.05, 0.1) is 17.9 Å². The lowest BCUT2D eigenvalue weighted by atomic mass is 10.2. The van der Waals surface area contributed by atoms with Gasteiger partial charge < -0.3 is 20.4 Å². The summed E-state index contributed by atoms with van der Waals surface area (Å²) < 4.78 is 43.4. The molecule has 1 heterocycles. The van der Waals surface area contributed by atoms with E-state index < -0.39 is 18.2 Å². The number of ether oxygens (including phenoxy) is 1. The second-order valence-electron chi connectivity index (χ2n) is 3.96. The molecule has 0 unspecified atom stereocenters. The number of nitrogens with one attached hydrogen (secondary N) is 1. The van der Waals surface area contributed by atoms with Gasteiger partial charge in [-0.3, -0.25) is 0 Å². The van der Waals surface area contributed by atoms with Crippen molar-refractivity contribution in [3.05, 3.63) is 30.1 Å². The maximum atomic E-state index is 13.4. The molecule has 2 aromatic rings. The quantitative estimate of drug-likeness (QED) is 0.819. The number of benzene rings is 1. The van der Waals surface area contributed by atoms with Gasteiger partial charge in [0.2, 0.25) is 0 Å². The maximum absolute atomic E-state index is 13.4. The fourth-order valence-corrected chi connectivity index (χ4v) is 1.55. The van der Waals surface area contributed by atoms with Crippen molar-refractivity contribution < 1.29 is 17.9 Å². The topological polar surface area (TPSA) is 78.0 Å². The van der Waals surface area contributed by atoms with Crippen molar-refractivity contribution in [1.29, 1.82) is 0 Å². The van der Waals surface area contributed by atoms with E-state index in [1.54, 1.807) is 11.6 Å². The smallest absolute Gasteiger partial charge is 0.387 e. The number of hydrogen-bond donors (Lipinski definition) is 2. The zero-order valence-electron chi connectivity index (χ0n) is 10.5. The van der Waals surface area contributed by atoms with Crippen molar-refractivity contribution in [2.75, 3.05) is 11.1 Å². The molecule has 0 aliphatic rings. The monoisotopic (exact) mass is 287 g/mol. The molecule has 0 spiro atoms. The Bertz CT molecular complexity index is 602. The molecule has 6 nitrogen and oxygen atoms in total. The molecule has 0 aliphatic heterocycles. The number of nitrogens with two attached hydrogens (primary N) is 1. The SMILES string of the molecule is Cn1cnnc1CNc1cc(OC(F)F)c(F)cc1N. The molecular weight excluding hydrogens is 275 g/mol. The van der Waals surface area contributed by atoms with Crippen LogP contribution in [0.5, 0.6) is 5.75 Å². The van der Waals surface area contributed by atoms with Gasteiger partial charge >= 0.3 is 6.61 Å². The Labute approximate surface area is 112 Å². The lowest BCUT2D eigenvalue weighted by molar-refractivity contribution is -0.0521. The first-order valence-corrected chi connectivity index (χ1v) is 5.58. The third kappa shape index (κ3) is 3.11. The van der Waals surface area contributed by atoms with Gasteiger partial charge in [-0.15, -0.1) is 10.2 Å². The highest BCUT2D eigenvalue weighted by Crippen LogP contribution is 2.29. The first-order chi connectivity index (χ1) is 9.47. The number of hydrogen-bond acceptors (Lipinski definition) is 5. The van der Waals surface area contributed by atoms with Crippen LogP contribution < -0.4 is 15.8 Å². The molecule has 3 N–H and O–H groups in total. The average Bonchev–Trinajstić information content (AvgIpc) is 2.76. The van der Waals surface area contributed by atoms with Crippen LogP contribution in [0.2, 0.25) is 0 Å². The number of anilines is 2. The van der Waals surface area contributed by atoms with Crippen LogP contribution in [0.1, 0.15) is 5.82 Å². The molecule has 108 valence electrons. The highest BCUT2D eigenvalue weighted by atomic mass is 19.3. The van der Waals surface area contributed by atoms with E-state index in [-0.39, 0.29) is 17.9 Å². The zero-order valence-corrected chi connectivity index (χ0v) is 10.5. The minimum atomic E-state index is -3.11. The number of aryl methyl sites for hydroxylation is 1. The van der Waals surface area contributed by atoms with Crippen LogP contribution in [0.15, 0.2) is 18.5 Å². The standard InChI is InChI=1S/C11H12F3N5O/c1-19-5-17-18-10(19)4-16-8-3-9(20-11(13)14)6(12)2-7(8)15/h2-3,5,11,16H,4,15H2,1H3. The third-order valence-corrected chi connectivity index (χ3v) is 2.56. The molecule has 0 amide bonds. The molecular formula is C11H12F3N5O. The van der Waals surface area contributed by atoms with Crippen LogP contribution in [-0.4, -0.2) is 21.4 Å². The van der Waals surface area contributed by atoms with Crippen molar-refractivity contribution >= 4 is 11.4 Å². The van der Waals surface area contributed by atoms with E-state index in [2.05, 4.69) is 20.3 Å². The number of nitrogen functional groups attached to an aromatic ring is 1. The predicted octanol–water partition coefficient (Wildman–Crippen LogP) is 1.75. The summed E-state index contributed by atoms with van der Waals surface area (Å²) in [6.45, 7) is -2.86. The summed E-state index contributed by atoms with van der Waals surface area (Å²) in [4.78, 5) is 0. The summed E-state index contributed by atoms with van der Waals surface area (Å²) in [5, 5.41) is 10.4. The van der Waals surface area contributed by atoms with Crippen molar-refractivity contribution in [2.24, 2.45) is 7.05 Å². The summed E-state index contributed by atoms with van der Waals surface area (Å²) in [6, 6.07) is 1.99. The van der Waals surface area contributed by atoms with Gasteiger partial charge in [0, 0.05) is 19.2 Å². The van der Waals surface area contributed by atoms with E-state index in [1.807, 2.05) is 0 Å². The normalized spacial score (nSPS) is 10.8. The molecule has 0 bridgehead atoms. The largest absolute Gasteiger partial charge is 0.432 e. The van der Waals surface area contributed by atoms with Crippen LogP contribution >= 0.6 is 0 Å². The molecule has 0 saturated heterocycles. The Morgan fingerprint density at radius 1 is 1.45 bits per heavy atom. The number of nitrogens with zero attached hydrogens (tertiary/aromatic N) is 3. The minimum Gasteiger partial charge on any atom is -0.432 e. The van der Waals surface area contributed by atoms with Gasteiger partial charge in [-0.05, 0) is 0 Å². The fraction of sp³-hybridized carbons (Fsp3) is 0.273. The summed E-state index contributed by atoms with van der Waals surface area (Å²) in [5.74, 6) is -0.924. The predicted molar refractivity (Wildman–Crippen MR) is 65.8 cm³/mol. The molecule has 1 aromatic heterocycles. The van der Waals surface area contributed by atoms with Crippen molar-refractivity contribution in [3.63, 3.8) is 0 Å². The van der Waals surface area contributed by atoms with Gasteiger partial charge in [-0.1, -0.05) is 0 Å². The van der Waals surface area contributed by atoms with Crippen LogP contribution in [0.4, 0.5) is 24.5 Å². The fourth-order valence-electron chi connectivity index (χ4n) is 1.55. The van der Waals surface area contributed by atoms with E-state index in [9.17, 15) is 13.2 Å². The molecule has 0 radical (unpaired) electrons. The Hall–Kier alpha value is -2.45. The Kier molecular flexibility index (Phi) is 3.97. The highest BCUT2D eigenvalue weighted by Gasteiger charge is 2.13. The lowest BCUT2D eigenvalue weighted by Crippen LogP contribution is -2.09. The number of aromatic nitrogens is 3. The number of rotatable bonds is 5. The maximum Gasteiger partial charge on any atom is 0.387 e. The molecule has 0 atom stereocenters.